The summed E-state index contributed by atoms with van der Waals surface area (Å²) >= 11 is 0. The van der Waals surface area contributed by atoms with Gasteiger partial charge in [0.25, 0.3) is 5.91 Å². The van der Waals surface area contributed by atoms with Crippen LogP contribution in [0, 0.1) is 17.2 Å². The number of benzene rings is 1. The van der Waals surface area contributed by atoms with E-state index < -0.39 is 17.9 Å². The van der Waals surface area contributed by atoms with Crippen molar-refractivity contribution in [3.8, 4) is 6.07 Å². The number of carbonyl (C=O) groups excluding carboxylic acids is 2. The van der Waals surface area contributed by atoms with Gasteiger partial charge in [-0.15, -0.1) is 6.58 Å². The van der Waals surface area contributed by atoms with Crippen molar-refractivity contribution in [2.24, 2.45) is 5.92 Å². The molecule has 9 heteroatoms. The molecule has 0 aliphatic carbocycles. The van der Waals surface area contributed by atoms with E-state index in [1.165, 1.54) is 0 Å². The van der Waals surface area contributed by atoms with Gasteiger partial charge in [-0.3, -0.25) is 14.8 Å². The average molecular weight is 405 g/mol. The number of ether oxygens (including phenoxy) is 3. The molecule has 0 saturated carbocycles. The maximum absolute atomic E-state index is 12.5. The molecule has 9 nitrogen and oxygen atoms in total. The Bertz CT molecular complexity index is 686. The number of nitriles is 1. The van der Waals surface area contributed by atoms with Crippen LogP contribution in [0.2, 0.25) is 0 Å². The predicted molar refractivity (Wildman–Crippen MR) is 104 cm³/mol. The van der Waals surface area contributed by atoms with Gasteiger partial charge in [0.1, 0.15) is 6.79 Å². The van der Waals surface area contributed by atoms with Crippen molar-refractivity contribution in [3.05, 3.63) is 48.0 Å². The van der Waals surface area contributed by atoms with E-state index >= 15 is 0 Å². The fourth-order valence-corrected chi connectivity index (χ4v) is 2.53. The Hall–Kier alpha value is -2.77. The van der Waals surface area contributed by atoms with Crippen LogP contribution in [0.5, 0.6) is 0 Å². The zero-order valence-electron chi connectivity index (χ0n) is 16.4. The SMILES string of the molecule is C=CCC(CC(COCOCCOC)NC(=O)c1ccc(C#N)cc1)C(=O)NO. The number of carbonyl (C=O) groups is 2. The lowest BCUT2D eigenvalue weighted by atomic mass is 9.95. The number of hydrogen-bond donors (Lipinski definition) is 3. The fourth-order valence-electron chi connectivity index (χ4n) is 2.53. The predicted octanol–water partition coefficient (Wildman–Crippen LogP) is 1.38. The van der Waals surface area contributed by atoms with Gasteiger partial charge in [0.2, 0.25) is 5.91 Å². The molecule has 1 rings (SSSR count). The van der Waals surface area contributed by atoms with Gasteiger partial charge in [0, 0.05) is 18.6 Å². The first-order chi connectivity index (χ1) is 14.0. The molecule has 158 valence electrons. The number of nitrogens with zero attached hydrogens (tertiary/aromatic N) is 1. The normalized spacial score (nSPS) is 12.4. The van der Waals surface area contributed by atoms with Crippen molar-refractivity contribution in [1.82, 2.24) is 10.8 Å². The first-order valence-electron chi connectivity index (χ1n) is 9.06. The van der Waals surface area contributed by atoms with Crippen LogP contribution in [0.15, 0.2) is 36.9 Å². The van der Waals surface area contributed by atoms with Crippen molar-refractivity contribution in [1.29, 1.82) is 5.26 Å². The molecule has 0 aliphatic rings. The van der Waals surface area contributed by atoms with Gasteiger partial charge in [-0.05, 0) is 37.1 Å². The molecule has 0 radical (unpaired) electrons. The van der Waals surface area contributed by atoms with Gasteiger partial charge in [-0.25, -0.2) is 5.48 Å². The Kier molecular flexibility index (Phi) is 11.9. The molecule has 0 aromatic heterocycles. The van der Waals surface area contributed by atoms with Crippen LogP contribution >= 0.6 is 0 Å². The smallest absolute Gasteiger partial charge is 0.251 e. The molecule has 1 aromatic rings. The van der Waals surface area contributed by atoms with Crippen molar-refractivity contribution < 1.29 is 29.0 Å². The summed E-state index contributed by atoms with van der Waals surface area (Å²) in [5.41, 5.74) is 2.45. The fraction of sp³-hybridized carbons (Fsp3) is 0.450. The summed E-state index contributed by atoms with van der Waals surface area (Å²) in [6.45, 7) is 4.51. The highest BCUT2D eigenvalue weighted by Crippen LogP contribution is 2.14. The van der Waals surface area contributed by atoms with E-state index in [2.05, 4.69) is 11.9 Å². The monoisotopic (exact) mass is 405 g/mol. The van der Waals surface area contributed by atoms with Crippen LogP contribution in [0.1, 0.15) is 28.8 Å². The minimum absolute atomic E-state index is 0.00488. The molecular weight excluding hydrogens is 378 g/mol. The second-order valence-corrected chi connectivity index (χ2v) is 6.18. The first kappa shape index (κ1) is 24.3. The number of hydrogen-bond acceptors (Lipinski definition) is 7. The van der Waals surface area contributed by atoms with Crippen LogP contribution in [0.3, 0.4) is 0 Å². The first-order valence-corrected chi connectivity index (χ1v) is 9.06. The highest BCUT2D eigenvalue weighted by atomic mass is 16.7. The number of rotatable bonds is 14. The lowest BCUT2D eigenvalue weighted by Crippen LogP contribution is -2.42. The summed E-state index contributed by atoms with van der Waals surface area (Å²) < 4.78 is 15.6. The second kappa shape index (κ2) is 14.3. The Morgan fingerprint density at radius 1 is 1.28 bits per heavy atom. The van der Waals surface area contributed by atoms with Crippen LogP contribution in [0.25, 0.3) is 0 Å². The average Bonchev–Trinajstić information content (AvgIpc) is 2.75. The van der Waals surface area contributed by atoms with E-state index in [0.29, 0.717) is 30.8 Å². The van der Waals surface area contributed by atoms with E-state index in [-0.39, 0.29) is 25.7 Å². The maximum atomic E-state index is 12.5. The summed E-state index contributed by atoms with van der Waals surface area (Å²) in [4.78, 5) is 24.4. The van der Waals surface area contributed by atoms with Crippen LogP contribution in [-0.4, -0.2) is 56.8 Å². The van der Waals surface area contributed by atoms with Gasteiger partial charge >= 0.3 is 0 Å². The van der Waals surface area contributed by atoms with Gasteiger partial charge < -0.3 is 19.5 Å². The molecule has 0 bridgehead atoms. The van der Waals surface area contributed by atoms with Crippen LogP contribution in [0.4, 0.5) is 0 Å². The van der Waals surface area contributed by atoms with Crippen LogP contribution in [-0.2, 0) is 19.0 Å². The minimum Gasteiger partial charge on any atom is -0.382 e. The number of methoxy groups -OCH3 is 1. The molecule has 1 aromatic carbocycles. The number of amides is 2. The van der Waals surface area contributed by atoms with E-state index in [4.69, 9.17) is 24.7 Å². The lowest BCUT2D eigenvalue weighted by molar-refractivity contribution is -0.134. The van der Waals surface area contributed by atoms with Gasteiger partial charge in [0.15, 0.2) is 0 Å². The topological polar surface area (TPSA) is 130 Å². The molecule has 0 saturated heterocycles. The standard InChI is InChI=1S/C20H27N3O6/c1-3-4-17(20(25)23-26)11-18(13-29-14-28-10-9-27-2)22-19(24)16-7-5-15(12-21)6-8-16/h3,5-8,17-18,26H,1,4,9-11,13-14H2,2H3,(H,22,24)(H,23,25). The second-order valence-electron chi connectivity index (χ2n) is 6.18. The highest BCUT2D eigenvalue weighted by molar-refractivity contribution is 5.94. The molecule has 2 unspecified atom stereocenters. The minimum atomic E-state index is -0.596. The van der Waals surface area contributed by atoms with Crippen molar-refractivity contribution in [2.45, 2.75) is 18.9 Å². The molecule has 2 amide bonds. The van der Waals surface area contributed by atoms with Crippen molar-refractivity contribution in [2.75, 3.05) is 33.7 Å². The molecular formula is C20H27N3O6. The number of nitrogens with one attached hydrogen (secondary N) is 2. The summed E-state index contributed by atoms with van der Waals surface area (Å²) in [7, 11) is 1.56. The van der Waals surface area contributed by atoms with Gasteiger partial charge in [-0.1, -0.05) is 6.08 Å². The zero-order valence-corrected chi connectivity index (χ0v) is 16.4. The largest absolute Gasteiger partial charge is 0.382 e. The summed E-state index contributed by atoms with van der Waals surface area (Å²) in [5, 5.41) is 20.6. The Morgan fingerprint density at radius 2 is 2.00 bits per heavy atom. The molecule has 0 aliphatic heterocycles. The zero-order chi connectivity index (χ0) is 21.5. The molecule has 0 fully saturated rings. The van der Waals surface area contributed by atoms with Crippen LogP contribution < -0.4 is 10.8 Å². The number of allylic oxidation sites excluding steroid dienone is 1. The van der Waals surface area contributed by atoms with E-state index in [0.717, 1.165) is 0 Å². The highest BCUT2D eigenvalue weighted by Gasteiger charge is 2.24. The van der Waals surface area contributed by atoms with Crippen molar-refractivity contribution in [3.63, 3.8) is 0 Å². The van der Waals surface area contributed by atoms with Gasteiger partial charge in [-0.2, -0.15) is 5.26 Å². The summed E-state index contributed by atoms with van der Waals surface area (Å²) in [6, 6.07) is 7.64. The van der Waals surface area contributed by atoms with Gasteiger partial charge in [0.05, 0.1) is 37.5 Å². The lowest BCUT2D eigenvalue weighted by Gasteiger charge is -2.23. The molecule has 0 spiro atoms. The third-order valence-electron chi connectivity index (χ3n) is 4.03. The number of hydroxylamine groups is 1. The third kappa shape index (κ3) is 9.32. The third-order valence-corrected chi connectivity index (χ3v) is 4.03. The summed E-state index contributed by atoms with van der Waals surface area (Å²) in [5.74, 6) is -1.54. The molecule has 2 atom stereocenters. The Morgan fingerprint density at radius 3 is 2.59 bits per heavy atom. The quantitative estimate of drug-likeness (QED) is 0.140. The molecule has 3 N–H and O–H groups in total. The molecule has 29 heavy (non-hydrogen) atoms. The van der Waals surface area contributed by atoms with E-state index in [1.807, 2.05) is 6.07 Å². The van der Waals surface area contributed by atoms with E-state index in [1.54, 1.807) is 42.9 Å². The summed E-state index contributed by atoms with van der Waals surface area (Å²) in [6.07, 6.45) is 2.10. The van der Waals surface area contributed by atoms with E-state index in [9.17, 15) is 9.59 Å². The Labute approximate surface area is 170 Å². The molecule has 0 heterocycles. The van der Waals surface area contributed by atoms with Crippen molar-refractivity contribution >= 4 is 11.8 Å². The maximum Gasteiger partial charge on any atom is 0.251 e. The Balaban J connectivity index is 2.75.